The van der Waals surface area contributed by atoms with Crippen LogP contribution in [0.3, 0.4) is 0 Å². The highest BCUT2D eigenvalue weighted by molar-refractivity contribution is 5.82. The zero-order chi connectivity index (χ0) is 20.3. The van der Waals surface area contributed by atoms with E-state index in [4.69, 9.17) is 4.74 Å². The van der Waals surface area contributed by atoms with E-state index in [1.165, 1.54) is 6.33 Å². The average Bonchev–Trinajstić information content (AvgIpc) is 3.29. The Labute approximate surface area is 159 Å². The van der Waals surface area contributed by atoms with Crippen LogP contribution in [0.5, 0.6) is 0 Å². The molecule has 1 aliphatic heterocycles. The number of allylic oxidation sites excluding steroid dienone is 2. The van der Waals surface area contributed by atoms with Gasteiger partial charge >= 0.3 is 6.18 Å². The van der Waals surface area contributed by atoms with Crippen molar-refractivity contribution in [2.75, 3.05) is 18.5 Å². The van der Waals surface area contributed by atoms with Gasteiger partial charge in [0.05, 0.1) is 24.6 Å². The van der Waals surface area contributed by atoms with E-state index in [1.54, 1.807) is 10.9 Å². The summed E-state index contributed by atoms with van der Waals surface area (Å²) in [6.45, 7) is 6.81. The van der Waals surface area contributed by atoms with Crippen molar-refractivity contribution < 1.29 is 23.0 Å². The third-order valence-corrected chi connectivity index (χ3v) is 4.35. The second-order valence-electron chi connectivity index (χ2n) is 6.33. The SMILES string of the molecule is C=C/C(=C\C(=C)CNc1ncnc2c1ncn2C1CCC(CO)O1)C(F)(F)F. The molecule has 3 rings (SSSR count). The van der Waals surface area contributed by atoms with Gasteiger partial charge in [-0.05, 0) is 24.5 Å². The summed E-state index contributed by atoms with van der Waals surface area (Å²) in [4.78, 5) is 12.6. The van der Waals surface area contributed by atoms with Crippen LogP contribution >= 0.6 is 0 Å². The lowest BCUT2D eigenvalue weighted by molar-refractivity contribution is -0.0882. The molecule has 10 heteroatoms. The maximum atomic E-state index is 12.8. The Morgan fingerprint density at radius 2 is 2.14 bits per heavy atom. The van der Waals surface area contributed by atoms with Crippen molar-refractivity contribution in [3.05, 3.63) is 49.1 Å². The summed E-state index contributed by atoms with van der Waals surface area (Å²) >= 11 is 0. The molecule has 2 aromatic rings. The molecule has 2 N–H and O–H groups in total. The van der Waals surface area contributed by atoms with Gasteiger partial charge in [0.25, 0.3) is 0 Å². The monoisotopic (exact) mass is 395 g/mol. The molecule has 7 nitrogen and oxygen atoms in total. The molecule has 0 spiro atoms. The zero-order valence-electron chi connectivity index (χ0n) is 15.0. The smallest absolute Gasteiger partial charge is 0.394 e. The molecule has 0 amide bonds. The number of aliphatic hydroxyl groups is 1. The van der Waals surface area contributed by atoms with Crippen LogP contribution in [0.15, 0.2) is 49.1 Å². The Morgan fingerprint density at radius 1 is 1.36 bits per heavy atom. The minimum atomic E-state index is -4.49. The standard InChI is InChI=1S/C18H20F3N5O2/c1-3-12(18(19,20)21)6-11(2)7-22-16-15-17(24-9-23-16)26(10-25-15)14-5-4-13(8-27)28-14/h3,6,9-10,13-14,27H,1-2,4-5,7-8H2,(H,22,23,24)/b12-6+. The number of anilines is 1. The van der Waals surface area contributed by atoms with Crippen LogP contribution < -0.4 is 5.32 Å². The van der Waals surface area contributed by atoms with Gasteiger partial charge in [0.2, 0.25) is 0 Å². The predicted octanol–water partition coefficient (Wildman–Crippen LogP) is 3.14. The minimum absolute atomic E-state index is 0.0406. The third-order valence-electron chi connectivity index (χ3n) is 4.35. The van der Waals surface area contributed by atoms with Gasteiger partial charge in [-0.15, -0.1) is 0 Å². The molecule has 1 saturated heterocycles. The number of ether oxygens (including phenoxy) is 1. The molecule has 0 bridgehead atoms. The average molecular weight is 395 g/mol. The van der Waals surface area contributed by atoms with Crippen LogP contribution in [-0.2, 0) is 4.74 Å². The van der Waals surface area contributed by atoms with Crippen LogP contribution in [-0.4, -0.2) is 50.1 Å². The van der Waals surface area contributed by atoms with Crippen molar-refractivity contribution in [2.24, 2.45) is 0 Å². The van der Waals surface area contributed by atoms with E-state index in [-0.39, 0.29) is 31.1 Å². The van der Waals surface area contributed by atoms with Gasteiger partial charge in [0, 0.05) is 6.54 Å². The fourth-order valence-corrected chi connectivity index (χ4v) is 2.94. The first-order valence-corrected chi connectivity index (χ1v) is 8.60. The molecule has 0 aromatic carbocycles. The highest BCUT2D eigenvalue weighted by Crippen LogP contribution is 2.31. The second kappa shape index (κ2) is 8.11. The van der Waals surface area contributed by atoms with Crippen LogP contribution in [0.4, 0.5) is 19.0 Å². The topological polar surface area (TPSA) is 85.1 Å². The Balaban J connectivity index is 1.75. The molecule has 0 aliphatic carbocycles. The van der Waals surface area contributed by atoms with E-state index in [0.29, 0.717) is 23.4 Å². The number of nitrogens with one attached hydrogen (secondary N) is 1. The molecule has 3 heterocycles. The molecule has 2 atom stereocenters. The van der Waals surface area contributed by atoms with Gasteiger partial charge in [-0.3, -0.25) is 4.57 Å². The summed E-state index contributed by atoms with van der Waals surface area (Å²) in [5.41, 5.74) is 0.343. The van der Waals surface area contributed by atoms with Gasteiger partial charge in [-0.2, -0.15) is 13.2 Å². The van der Waals surface area contributed by atoms with Crippen LogP contribution in [0, 0.1) is 0 Å². The summed E-state index contributed by atoms with van der Waals surface area (Å²) < 4.78 is 45.9. The van der Waals surface area contributed by atoms with E-state index in [1.807, 2.05) is 0 Å². The van der Waals surface area contributed by atoms with Crippen molar-refractivity contribution in [1.82, 2.24) is 19.5 Å². The lowest BCUT2D eigenvalue weighted by Gasteiger charge is -2.14. The van der Waals surface area contributed by atoms with Crippen molar-refractivity contribution in [1.29, 1.82) is 0 Å². The summed E-state index contributed by atoms with van der Waals surface area (Å²) in [5, 5.41) is 12.2. The van der Waals surface area contributed by atoms with Crippen molar-refractivity contribution in [3.8, 4) is 0 Å². The molecule has 0 radical (unpaired) electrons. The van der Waals surface area contributed by atoms with E-state index in [2.05, 4.69) is 33.4 Å². The van der Waals surface area contributed by atoms with Crippen LogP contribution in [0.25, 0.3) is 11.2 Å². The Morgan fingerprint density at radius 3 is 2.79 bits per heavy atom. The zero-order valence-corrected chi connectivity index (χ0v) is 15.0. The van der Waals surface area contributed by atoms with Crippen LogP contribution in [0.2, 0.25) is 0 Å². The van der Waals surface area contributed by atoms with Gasteiger partial charge in [0.1, 0.15) is 12.6 Å². The highest BCUT2D eigenvalue weighted by Gasteiger charge is 2.31. The summed E-state index contributed by atoms with van der Waals surface area (Å²) in [6, 6.07) is 0. The Bertz CT molecular complexity index is 906. The number of nitrogens with zero attached hydrogens (tertiary/aromatic N) is 4. The largest absolute Gasteiger partial charge is 0.416 e. The number of hydrogen-bond donors (Lipinski definition) is 2. The van der Waals surface area contributed by atoms with E-state index >= 15 is 0 Å². The number of halogens is 3. The van der Waals surface area contributed by atoms with E-state index in [9.17, 15) is 18.3 Å². The van der Waals surface area contributed by atoms with E-state index < -0.39 is 11.7 Å². The number of hydrogen-bond acceptors (Lipinski definition) is 6. The second-order valence-corrected chi connectivity index (χ2v) is 6.33. The maximum Gasteiger partial charge on any atom is 0.416 e. The fourth-order valence-electron chi connectivity index (χ4n) is 2.94. The quantitative estimate of drug-likeness (QED) is 0.701. The Kier molecular flexibility index (Phi) is 5.80. The third kappa shape index (κ3) is 4.23. The molecular weight excluding hydrogens is 375 g/mol. The maximum absolute atomic E-state index is 12.8. The summed E-state index contributed by atoms with van der Waals surface area (Å²) in [7, 11) is 0. The fraction of sp³-hybridized carbons (Fsp3) is 0.389. The highest BCUT2D eigenvalue weighted by atomic mass is 19.4. The summed E-state index contributed by atoms with van der Waals surface area (Å²) in [5.74, 6) is 0.377. The first-order chi connectivity index (χ1) is 13.3. The molecule has 2 aromatic heterocycles. The number of aliphatic hydroxyl groups excluding tert-OH is 1. The van der Waals surface area contributed by atoms with E-state index in [0.717, 1.165) is 18.6 Å². The lowest BCUT2D eigenvalue weighted by atomic mass is 10.1. The Hall–Kier alpha value is -2.72. The number of imidazole rings is 1. The van der Waals surface area contributed by atoms with Gasteiger partial charge in [0.15, 0.2) is 17.0 Å². The molecule has 28 heavy (non-hydrogen) atoms. The number of aromatic nitrogens is 4. The number of alkyl halides is 3. The molecule has 1 aliphatic rings. The van der Waals surface area contributed by atoms with Crippen molar-refractivity contribution in [3.63, 3.8) is 0 Å². The normalized spacial score (nSPS) is 20.5. The lowest BCUT2D eigenvalue weighted by Crippen LogP contribution is -2.14. The predicted molar refractivity (Wildman–Crippen MR) is 97.5 cm³/mol. The molecule has 0 saturated carbocycles. The number of fused-ring (bicyclic) bond motifs is 1. The summed E-state index contributed by atoms with van der Waals surface area (Å²) in [6.07, 6.45) is 1.04. The van der Waals surface area contributed by atoms with Gasteiger partial charge in [-0.1, -0.05) is 19.2 Å². The van der Waals surface area contributed by atoms with Gasteiger partial charge < -0.3 is 15.2 Å². The number of rotatable bonds is 7. The molecule has 1 fully saturated rings. The van der Waals surface area contributed by atoms with Crippen molar-refractivity contribution in [2.45, 2.75) is 31.3 Å². The molecule has 2 unspecified atom stereocenters. The molecule has 150 valence electrons. The minimum Gasteiger partial charge on any atom is -0.394 e. The van der Waals surface area contributed by atoms with Gasteiger partial charge in [-0.25, -0.2) is 15.0 Å². The first kappa shape index (κ1) is 20.0. The van der Waals surface area contributed by atoms with Crippen LogP contribution in [0.1, 0.15) is 19.1 Å². The molecular formula is C18H20F3N5O2. The van der Waals surface area contributed by atoms with Crippen molar-refractivity contribution >= 4 is 17.0 Å². The first-order valence-electron chi connectivity index (χ1n) is 8.60.